The summed E-state index contributed by atoms with van der Waals surface area (Å²) in [5.74, 6) is -0.872. The number of carbonyl (C=O) groups is 3. The van der Waals surface area contributed by atoms with Gasteiger partial charge < -0.3 is 25.4 Å². The number of amides is 3. The fourth-order valence-electron chi connectivity index (χ4n) is 3.04. The molecule has 1 aliphatic heterocycles. The second kappa shape index (κ2) is 9.96. The number of ether oxygens (including phenoxy) is 1. The van der Waals surface area contributed by atoms with Crippen molar-refractivity contribution < 1.29 is 24.2 Å². The quantitative estimate of drug-likeness (QED) is 0.574. The Hall–Kier alpha value is -2.29. The van der Waals surface area contributed by atoms with Gasteiger partial charge in [0.1, 0.15) is 11.4 Å². The molecule has 0 bridgehead atoms. The van der Waals surface area contributed by atoms with Crippen molar-refractivity contribution in [2.75, 3.05) is 26.2 Å². The van der Waals surface area contributed by atoms with Gasteiger partial charge in [0.2, 0.25) is 5.91 Å². The Balaban J connectivity index is 1.81. The summed E-state index contributed by atoms with van der Waals surface area (Å²) in [5.41, 5.74) is -0.356. The van der Waals surface area contributed by atoms with Gasteiger partial charge in [0.05, 0.1) is 11.5 Å². The molecule has 0 saturated carbocycles. The summed E-state index contributed by atoms with van der Waals surface area (Å²) < 4.78 is 5.81. The third-order valence-electron chi connectivity index (χ3n) is 4.36. The number of phenolic OH excluding ortho intramolecular Hbond substituents is 1. The Morgan fingerprint density at radius 1 is 1.24 bits per heavy atom. The third-order valence-corrected chi connectivity index (χ3v) is 4.86. The first-order valence-electron chi connectivity index (χ1n) is 9.59. The standard InChI is InChI=1S/C20H28BrN3O5/c1-20(2,3)29-19(28)23-9-8-22-17(26)13-5-4-10-24(12-13)18(27)15-7-6-14(21)11-16(15)25/h6-7,11,13,25H,4-5,8-10,12H2,1-3H3,(H,22,26)(H,23,28). The van der Waals surface area contributed by atoms with Gasteiger partial charge in [-0.05, 0) is 51.8 Å². The normalized spacial score (nSPS) is 16.8. The Labute approximate surface area is 179 Å². The summed E-state index contributed by atoms with van der Waals surface area (Å²) in [6.07, 6.45) is 0.856. The maximum Gasteiger partial charge on any atom is 0.407 e. The minimum absolute atomic E-state index is 0.0934. The van der Waals surface area contributed by atoms with Crippen LogP contribution in [0.25, 0.3) is 0 Å². The maximum atomic E-state index is 12.7. The number of carbonyl (C=O) groups excluding carboxylic acids is 3. The third kappa shape index (κ3) is 7.23. The van der Waals surface area contributed by atoms with Crippen LogP contribution in [-0.4, -0.2) is 59.7 Å². The summed E-state index contributed by atoms with van der Waals surface area (Å²) in [6, 6.07) is 4.73. The largest absolute Gasteiger partial charge is 0.507 e. The van der Waals surface area contributed by atoms with E-state index in [9.17, 15) is 19.5 Å². The molecule has 1 fully saturated rings. The zero-order valence-corrected chi connectivity index (χ0v) is 18.5. The predicted molar refractivity (Wildman–Crippen MR) is 112 cm³/mol. The first-order valence-corrected chi connectivity index (χ1v) is 10.4. The van der Waals surface area contributed by atoms with Gasteiger partial charge in [-0.3, -0.25) is 9.59 Å². The van der Waals surface area contributed by atoms with Gasteiger partial charge in [0.15, 0.2) is 0 Å². The zero-order valence-electron chi connectivity index (χ0n) is 17.0. The SMILES string of the molecule is CC(C)(C)OC(=O)NCCNC(=O)C1CCCN(C(=O)c2ccc(Br)cc2O)C1. The van der Waals surface area contributed by atoms with Crippen molar-refractivity contribution in [2.24, 2.45) is 5.92 Å². The Morgan fingerprint density at radius 2 is 1.93 bits per heavy atom. The summed E-state index contributed by atoms with van der Waals surface area (Å²) in [5, 5.41) is 15.4. The van der Waals surface area contributed by atoms with Crippen molar-refractivity contribution in [3.63, 3.8) is 0 Å². The molecule has 8 nitrogen and oxygen atoms in total. The minimum Gasteiger partial charge on any atom is -0.507 e. The van der Waals surface area contributed by atoms with Crippen LogP contribution < -0.4 is 10.6 Å². The molecule has 160 valence electrons. The van der Waals surface area contributed by atoms with Gasteiger partial charge in [0.25, 0.3) is 5.91 Å². The van der Waals surface area contributed by atoms with E-state index in [1.807, 2.05) is 0 Å². The van der Waals surface area contributed by atoms with Gasteiger partial charge in [-0.25, -0.2) is 4.79 Å². The van der Waals surface area contributed by atoms with E-state index in [1.54, 1.807) is 37.8 Å². The number of hydrogen-bond donors (Lipinski definition) is 3. The fraction of sp³-hybridized carbons (Fsp3) is 0.550. The zero-order chi connectivity index (χ0) is 21.6. The van der Waals surface area contributed by atoms with E-state index in [-0.39, 0.29) is 42.1 Å². The van der Waals surface area contributed by atoms with E-state index < -0.39 is 11.7 Å². The highest BCUT2D eigenvalue weighted by molar-refractivity contribution is 9.10. The van der Waals surface area contributed by atoms with Crippen molar-refractivity contribution in [1.29, 1.82) is 0 Å². The summed E-state index contributed by atoms with van der Waals surface area (Å²) >= 11 is 3.25. The molecule has 3 N–H and O–H groups in total. The number of alkyl carbamates (subject to hydrolysis) is 1. The molecule has 1 heterocycles. The van der Waals surface area contributed by atoms with Crippen LogP contribution in [0.1, 0.15) is 44.0 Å². The van der Waals surface area contributed by atoms with Crippen molar-refractivity contribution in [3.8, 4) is 5.75 Å². The van der Waals surface area contributed by atoms with Crippen LogP contribution in [0.2, 0.25) is 0 Å². The maximum absolute atomic E-state index is 12.7. The van der Waals surface area contributed by atoms with E-state index in [0.29, 0.717) is 30.4 Å². The van der Waals surface area contributed by atoms with Crippen LogP contribution in [0.5, 0.6) is 5.75 Å². The van der Waals surface area contributed by atoms with Crippen molar-refractivity contribution in [3.05, 3.63) is 28.2 Å². The summed E-state index contributed by atoms with van der Waals surface area (Å²) in [7, 11) is 0. The van der Waals surface area contributed by atoms with E-state index in [0.717, 1.165) is 0 Å². The highest BCUT2D eigenvalue weighted by atomic mass is 79.9. The highest BCUT2D eigenvalue weighted by Crippen LogP contribution is 2.26. The molecule has 1 unspecified atom stereocenters. The van der Waals surface area contributed by atoms with E-state index in [4.69, 9.17) is 4.74 Å². The van der Waals surface area contributed by atoms with Crippen LogP contribution in [0.3, 0.4) is 0 Å². The van der Waals surface area contributed by atoms with Gasteiger partial charge >= 0.3 is 6.09 Å². The number of benzene rings is 1. The van der Waals surface area contributed by atoms with Crippen molar-refractivity contribution in [2.45, 2.75) is 39.2 Å². The lowest BCUT2D eigenvalue weighted by molar-refractivity contribution is -0.126. The molecule has 29 heavy (non-hydrogen) atoms. The summed E-state index contributed by atoms with van der Waals surface area (Å²) in [4.78, 5) is 38.3. The molecule has 1 aliphatic rings. The van der Waals surface area contributed by atoms with Crippen LogP contribution >= 0.6 is 15.9 Å². The highest BCUT2D eigenvalue weighted by Gasteiger charge is 2.29. The molecule has 1 aromatic rings. The first kappa shape index (κ1) is 23.0. The molecule has 0 radical (unpaired) electrons. The second-order valence-corrected chi connectivity index (χ2v) is 8.89. The molecule has 1 aromatic carbocycles. The summed E-state index contributed by atoms with van der Waals surface area (Å²) in [6.45, 7) is 6.69. The topological polar surface area (TPSA) is 108 Å². The van der Waals surface area contributed by atoms with Crippen LogP contribution in [0, 0.1) is 5.92 Å². The Kier molecular flexibility index (Phi) is 7.89. The number of piperidine rings is 1. The monoisotopic (exact) mass is 469 g/mol. The van der Waals surface area contributed by atoms with Crippen molar-refractivity contribution in [1.82, 2.24) is 15.5 Å². The van der Waals surface area contributed by atoms with E-state index in [1.165, 1.54) is 6.07 Å². The fourth-order valence-corrected chi connectivity index (χ4v) is 3.39. The molecule has 0 spiro atoms. The minimum atomic E-state index is -0.575. The first-order chi connectivity index (χ1) is 13.6. The molecule has 0 aromatic heterocycles. The lowest BCUT2D eigenvalue weighted by atomic mass is 9.96. The number of phenols is 1. The molecule has 0 aliphatic carbocycles. The van der Waals surface area contributed by atoms with Crippen molar-refractivity contribution >= 4 is 33.8 Å². The smallest absolute Gasteiger partial charge is 0.407 e. The van der Waals surface area contributed by atoms with Gasteiger partial charge in [-0.1, -0.05) is 15.9 Å². The lowest BCUT2D eigenvalue weighted by Crippen LogP contribution is -2.46. The number of rotatable bonds is 5. The van der Waals surface area contributed by atoms with Gasteiger partial charge in [-0.15, -0.1) is 0 Å². The number of halogens is 1. The average Bonchev–Trinajstić information content (AvgIpc) is 2.63. The molecular formula is C20H28BrN3O5. The van der Waals surface area contributed by atoms with Crippen LogP contribution in [-0.2, 0) is 9.53 Å². The van der Waals surface area contributed by atoms with Gasteiger partial charge in [0, 0.05) is 30.7 Å². The molecule has 9 heteroatoms. The number of nitrogens with one attached hydrogen (secondary N) is 2. The molecule has 1 atom stereocenters. The molecule has 3 amide bonds. The van der Waals surface area contributed by atoms with Gasteiger partial charge in [-0.2, -0.15) is 0 Å². The number of likely N-dealkylation sites (tertiary alicyclic amines) is 1. The van der Waals surface area contributed by atoms with E-state index in [2.05, 4.69) is 26.6 Å². The Bertz CT molecular complexity index is 763. The van der Waals surface area contributed by atoms with E-state index >= 15 is 0 Å². The second-order valence-electron chi connectivity index (χ2n) is 7.97. The number of nitrogens with zero attached hydrogens (tertiary/aromatic N) is 1. The van der Waals surface area contributed by atoms with Crippen LogP contribution in [0.15, 0.2) is 22.7 Å². The number of aromatic hydroxyl groups is 1. The van der Waals surface area contributed by atoms with Crippen LogP contribution in [0.4, 0.5) is 4.79 Å². The lowest BCUT2D eigenvalue weighted by Gasteiger charge is -2.32. The molecule has 1 saturated heterocycles. The molecule has 2 rings (SSSR count). The Morgan fingerprint density at radius 3 is 2.59 bits per heavy atom. The predicted octanol–water partition coefficient (Wildman–Crippen LogP) is 2.65. The average molecular weight is 470 g/mol. The molecular weight excluding hydrogens is 442 g/mol. The number of hydrogen-bond acceptors (Lipinski definition) is 5.